The van der Waals surface area contributed by atoms with Crippen molar-refractivity contribution in [2.75, 3.05) is 19.6 Å². The van der Waals surface area contributed by atoms with Gasteiger partial charge in [0.25, 0.3) is 0 Å². The highest BCUT2D eigenvalue weighted by Gasteiger charge is 2.58. The minimum absolute atomic E-state index is 0.0698. The second kappa shape index (κ2) is 4.62. The molecule has 0 aromatic carbocycles. The van der Waals surface area contributed by atoms with Crippen LogP contribution < -0.4 is 5.32 Å². The third-order valence-electron chi connectivity index (χ3n) is 5.14. The zero-order valence-corrected chi connectivity index (χ0v) is 11.6. The van der Waals surface area contributed by atoms with Crippen LogP contribution in [0.5, 0.6) is 0 Å². The summed E-state index contributed by atoms with van der Waals surface area (Å²) in [4.78, 5) is 2.50. The van der Waals surface area contributed by atoms with Crippen molar-refractivity contribution in [1.29, 1.82) is 0 Å². The smallest absolute Gasteiger partial charge is 0.0726 e. The number of fused-ring (bicyclic) bond motifs is 1. The Labute approximate surface area is 110 Å². The van der Waals surface area contributed by atoms with Crippen LogP contribution in [0.15, 0.2) is 12.2 Å². The summed E-state index contributed by atoms with van der Waals surface area (Å²) < 4.78 is 0. The van der Waals surface area contributed by atoms with E-state index in [1.165, 1.54) is 25.0 Å². The van der Waals surface area contributed by atoms with Crippen LogP contribution in [0.25, 0.3) is 0 Å². The Morgan fingerprint density at radius 1 is 1.39 bits per heavy atom. The third-order valence-corrected chi connectivity index (χ3v) is 5.14. The van der Waals surface area contributed by atoms with Crippen LogP contribution in [0.1, 0.15) is 26.7 Å². The number of nitrogens with zero attached hydrogens (tertiary/aromatic N) is 1. The van der Waals surface area contributed by atoms with Gasteiger partial charge in [0.2, 0.25) is 0 Å². The summed E-state index contributed by atoms with van der Waals surface area (Å²) in [5.74, 6) is 2.22. The second-order valence-electron chi connectivity index (χ2n) is 6.85. The predicted octanol–water partition coefficient (Wildman–Crippen LogP) is 1.24. The van der Waals surface area contributed by atoms with E-state index < -0.39 is 0 Å². The molecule has 3 nitrogen and oxygen atoms in total. The summed E-state index contributed by atoms with van der Waals surface area (Å²) in [5, 5.41) is 13.7. The molecule has 2 saturated carbocycles. The average molecular weight is 250 g/mol. The number of nitrogens with one attached hydrogen (secondary N) is 1. The minimum Gasteiger partial charge on any atom is -0.391 e. The highest BCUT2D eigenvalue weighted by atomic mass is 16.3. The highest BCUT2D eigenvalue weighted by molar-refractivity contribution is 5.13. The molecule has 3 aliphatic rings. The molecule has 3 fully saturated rings. The van der Waals surface area contributed by atoms with E-state index in [2.05, 4.69) is 30.6 Å². The van der Waals surface area contributed by atoms with E-state index in [9.17, 15) is 5.11 Å². The van der Waals surface area contributed by atoms with Crippen LogP contribution in [0.2, 0.25) is 0 Å². The molecule has 3 heteroatoms. The molecule has 0 aromatic rings. The molecule has 1 heterocycles. The first-order valence-corrected chi connectivity index (χ1v) is 7.38. The molecule has 5 atom stereocenters. The summed E-state index contributed by atoms with van der Waals surface area (Å²) in [5.41, 5.74) is 1.25. The van der Waals surface area contributed by atoms with Crippen molar-refractivity contribution in [2.24, 2.45) is 17.8 Å². The van der Waals surface area contributed by atoms with E-state index in [1.807, 2.05) is 0 Å². The highest BCUT2D eigenvalue weighted by Crippen LogP contribution is 2.54. The summed E-state index contributed by atoms with van der Waals surface area (Å²) in [6.07, 6.45) is 2.46. The van der Waals surface area contributed by atoms with Gasteiger partial charge in [-0.2, -0.15) is 0 Å². The van der Waals surface area contributed by atoms with Crippen molar-refractivity contribution in [2.45, 2.75) is 44.9 Å². The molecule has 1 saturated heterocycles. The van der Waals surface area contributed by atoms with Crippen LogP contribution in [0.4, 0.5) is 0 Å². The quantitative estimate of drug-likeness (QED) is 0.721. The molecular weight excluding hydrogens is 224 g/mol. The topological polar surface area (TPSA) is 35.5 Å². The molecule has 0 radical (unpaired) electrons. The Balaban J connectivity index is 1.57. The Morgan fingerprint density at radius 2 is 2.17 bits per heavy atom. The van der Waals surface area contributed by atoms with Gasteiger partial charge in [-0.1, -0.05) is 20.4 Å². The van der Waals surface area contributed by atoms with Gasteiger partial charge in [0, 0.05) is 31.7 Å². The fourth-order valence-electron chi connectivity index (χ4n) is 4.41. The maximum Gasteiger partial charge on any atom is 0.0726 e. The Bertz CT molecular complexity index is 339. The van der Waals surface area contributed by atoms with Gasteiger partial charge in [-0.15, -0.1) is 0 Å². The van der Waals surface area contributed by atoms with Crippen LogP contribution in [0.3, 0.4) is 0 Å². The molecule has 2 aliphatic carbocycles. The van der Waals surface area contributed by atoms with Gasteiger partial charge >= 0.3 is 0 Å². The van der Waals surface area contributed by atoms with Crippen molar-refractivity contribution in [3.8, 4) is 0 Å². The van der Waals surface area contributed by atoms with Crippen LogP contribution >= 0.6 is 0 Å². The van der Waals surface area contributed by atoms with Crippen molar-refractivity contribution in [1.82, 2.24) is 10.2 Å². The lowest BCUT2D eigenvalue weighted by Gasteiger charge is -2.29. The first-order chi connectivity index (χ1) is 8.56. The molecular formula is C15H26N2O. The van der Waals surface area contributed by atoms with Gasteiger partial charge in [-0.25, -0.2) is 0 Å². The largest absolute Gasteiger partial charge is 0.391 e. The molecule has 3 rings (SSSR count). The summed E-state index contributed by atoms with van der Waals surface area (Å²) >= 11 is 0. The second-order valence-corrected chi connectivity index (χ2v) is 6.85. The first kappa shape index (κ1) is 12.6. The molecule has 2 N–H and O–H groups in total. The average Bonchev–Trinajstić information content (AvgIpc) is 2.88. The Morgan fingerprint density at radius 3 is 2.83 bits per heavy atom. The van der Waals surface area contributed by atoms with Crippen LogP contribution in [-0.2, 0) is 0 Å². The van der Waals surface area contributed by atoms with Gasteiger partial charge in [-0.3, -0.25) is 4.90 Å². The number of aliphatic hydroxyl groups excluding tert-OH is 1. The van der Waals surface area contributed by atoms with Crippen molar-refractivity contribution < 1.29 is 5.11 Å². The Hall–Kier alpha value is -0.380. The zero-order chi connectivity index (χ0) is 12.9. The maximum absolute atomic E-state index is 10.3. The summed E-state index contributed by atoms with van der Waals surface area (Å²) in [6.45, 7) is 11.5. The number of aliphatic hydroxyl groups is 1. The lowest BCUT2D eigenvalue weighted by molar-refractivity contribution is 0.0540. The molecule has 18 heavy (non-hydrogen) atoms. The van der Waals surface area contributed by atoms with E-state index in [0.29, 0.717) is 18.0 Å². The van der Waals surface area contributed by atoms with Crippen molar-refractivity contribution >= 4 is 0 Å². The minimum atomic E-state index is -0.0698. The first-order valence-electron chi connectivity index (χ1n) is 7.38. The zero-order valence-electron chi connectivity index (χ0n) is 11.6. The molecule has 5 unspecified atom stereocenters. The van der Waals surface area contributed by atoms with E-state index in [-0.39, 0.29) is 6.10 Å². The van der Waals surface area contributed by atoms with Gasteiger partial charge in [0.15, 0.2) is 0 Å². The lowest BCUT2D eigenvalue weighted by Crippen LogP contribution is -2.42. The number of hydrogen-bond acceptors (Lipinski definition) is 3. The van der Waals surface area contributed by atoms with E-state index in [4.69, 9.17) is 0 Å². The summed E-state index contributed by atoms with van der Waals surface area (Å²) in [6, 6.07) is 0.947. The standard InChI is InChI=1S/C15H26N2O/c1-9(2)16-6-10(3)7-17-8-12-4-11-5-13(12)14(17)15(11)18/h9,11-16,18H,3-8H2,1-2H3. The van der Waals surface area contributed by atoms with Gasteiger partial charge in [-0.05, 0) is 36.2 Å². The van der Waals surface area contributed by atoms with E-state index in [0.717, 1.165) is 24.9 Å². The SMILES string of the molecule is C=C(CNC(C)C)CN1CC2CC3CC2C1C3O. The monoisotopic (exact) mass is 250 g/mol. The molecule has 102 valence electrons. The molecule has 0 spiro atoms. The summed E-state index contributed by atoms with van der Waals surface area (Å²) in [7, 11) is 0. The van der Waals surface area contributed by atoms with Gasteiger partial charge < -0.3 is 10.4 Å². The number of rotatable bonds is 5. The third kappa shape index (κ3) is 2.02. The van der Waals surface area contributed by atoms with Gasteiger partial charge in [0.1, 0.15) is 0 Å². The number of likely N-dealkylation sites (tertiary alicyclic amines) is 1. The van der Waals surface area contributed by atoms with Crippen molar-refractivity contribution in [3.63, 3.8) is 0 Å². The normalized spacial score (nSPS) is 42.1. The van der Waals surface area contributed by atoms with Crippen molar-refractivity contribution in [3.05, 3.63) is 12.2 Å². The van der Waals surface area contributed by atoms with Crippen LogP contribution in [0, 0.1) is 17.8 Å². The molecule has 1 aliphatic heterocycles. The predicted molar refractivity (Wildman–Crippen MR) is 73.4 cm³/mol. The van der Waals surface area contributed by atoms with E-state index in [1.54, 1.807) is 0 Å². The fraction of sp³-hybridized carbons (Fsp3) is 0.867. The molecule has 0 amide bonds. The lowest BCUT2D eigenvalue weighted by atomic mass is 9.88. The Kier molecular flexibility index (Phi) is 3.25. The maximum atomic E-state index is 10.3. The molecule has 2 bridgehead atoms. The molecule has 0 aromatic heterocycles. The van der Waals surface area contributed by atoms with E-state index >= 15 is 0 Å². The van der Waals surface area contributed by atoms with Gasteiger partial charge in [0.05, 0.1) is 6.10 Å². The fourth-order valence-corrected chi connectivity index (χ4v) is 4.41. The number of hydrogen-bond donors (Lipinski definition) is 2. The van der Waals surface area contributed by atoms with Crippen LogP contribution in [-0.4, -0.2) is 47.8 Å².